The van der Waals surface area contributed by atoms with Gasteiger partial charge in [0.05, 0.1) is 18.3 Å². The van der Waals surface area contributed by atoms with Crippen molar-refractivity contribution in [3.8, 4) is 0 Å². The molecule has 13 heavy (non-hydrogen) atoms. The first-order valence-corrected chi connectivity index (χ1v) is 4.68. The molecule has 2 rings (SSSR count). The number of aliphatic carboxylic acids is 1. The lowest BCUT2D eigenvalue weighted by Gasteiger charge is -1.95. The van der Waals surface area contributed by atoms with Crippen molar-refractivity contribution in [1.29, 1.82) is 0 Å². The molecule has 0 radical (unpaired) electrons. The monoisotopic (exact) mass is 196 g/mol. The molecule has 0 amide bonds. The Morgan fingerprint density at radius 1 is 1.77 bits per heavy atom. The van der Waals surface area contributed by atoms with Crippen molar-refractivity contribution in [1.82, 2.24) is 9.38 Å². The highest BCUT2D eigenvalue weighted by Crippen LogP contribution is 2.17. The number of hydrogen-bond donors (Lipinski definition) is 1. The quantitative estimate of drug-likeness (QED) is 0.788. The average Bonchev–Trinajstić information content (AvgIpc) is 2.56. The van der Waals surface area contributed by atoms with E-state index in [1.54, 1.807) is 6.20 Å². The molecule has 0 unspecified atom stereocenters. The molecule has 0 aliphatic rings. The van der Waals surface area contributed by atoms with Crippen molar-refractivity contribution >= 4 is 22.3 Å². The Labute approximate surface area is 78.5 Å². The summed E-state index contributed by atoms with van der Waals surface area (Å²) in [6.45, 7) is 1.94. The molecule has 0 aliphatic heterocycles. The lowest BCUT2D eigenvalue weighted by atomic mass is 10.3. The van der Waals surface area contributed by atoms with Gasteiger partial charge in [-0.05, 0) is 6.92 Å². The molecule has 0 saturated carbocycles. The van der Waals surface area contributed by atoms with E-state index >= 15 is 0 Å². The predicted molar refractivity (Wildman–Crippen MR) is 49.1 cm³/mol. The SMILES string of the molecule is Cc1csc2ncc(CC(=O)O)n12. The largest absolute Gasteiger partial charge is 0.481 e. The van der Waals surface area contributed by atoms with Gasteiger partial charge in [0.2, 0.25) is 0 Å². The van der Waals surface area contributed by atoms with E-state index in [0.29, 0.717) is 0 Å². The third-order valence-electron chi connectivity index (χ3n) is 1.82. The van der Waals surface area contributed by atoms with E-state index in [1.165, 1.54) is 11.3 Å². The van der Waals surface area contributed by atoms with Gasteiger partial charge in [-0.15, -0.1) is 11.3 Å². The summed E-state index contributed by atoms with van der Waals surface area (Å²) in [7, 11) is 0. The maximum Gasteiger partial charge on any atom is 0.309 e. The molecule has 2 aromatic rings. The maximum absolute atomic E-state index is 10.5. The summed E-state index contributed by atoms with van der Waals surface area (Å²) in [6, 6.07) is 0. The van der Waals surface area contributed by atoms with Gasteiger partial charge < -0.3 is 5.11 Å². The highest BCUT2D eigenvalue weighted by Gasteiger charge is 2.09. The van der Waals surface area contributed by atoms with Gasteiger partial charge in [-0.2, -0.15) is 0 Å². The second-order valence-electron chi connectivity index (χ2n) is 2.82. The lowest BCUT2D eigenvalue weighted by molar-refractivity contribution is -0.136. The van der Waals surface area contributed by atoms with E-state index in [9.17, 15) is 4.79 Å². The minimum atomic E-state index is -0.826. The van der Waals surface area contributed by atoms with Crippen LogP contribution in [0.1, 0.15) is 11.4 Å². The zero-order valence-electron chi connectivity index (χ0n) is 7.02. The molecule has 5 heteroatoms. The van der Waals surface area contributed by atoms with Gasteiger partial charge in [-0.25, -0.2) is 4.98 Å². The van der Waals surface area contributed by atoms with Gasteiger partial charge >= 0.3 is 5.97 Å². The molecule has 0 bridgehead atoms. The summed E-state index contributed by atoms with van der Waals surface area (Å²) >= 11 is 1.52. The van der Waals surface area contributed by atoms with E-state index in [0.717, 1.165) is 16.3 Å². The molecule has 68 valence electrons. The Balaban J connectivity index is 2.55. The molecular weight excluding hydrogens is 188 g/mol. The third-order valence-corrected chi connectivity index (χ3v) is 2.78. The standard InChI is InChI=1S/C8H8N2O2S/c1-5-4-13-8-9-3-6(10(5)8)2-7(11)12/h3-4H,2H2,1H3,(H,11,12). The van der Waals surface area contributed by atoms with E-state index in [-0.39, 0.29) is 6.42 Å². The van der Waals surface area contributed by atoms with Gasteiger partial charge in [-0.1, -0.05) is 0 Å². The highest BCUT2D eigenvalue weighted by atomic mass is 32.1. The smallest absolute Gasteiger partial charge is 0.309 e. The molecule has 4 nitrogen and oxygen atoms in total. The first kappa shape index (κ1) is 8.25. The summed E-state index contributed by atoms with van der Waals surface area (Å²) in [5, 5.41) is 10.6. The second-order valence-corrected chi connectivity index (χ2v) is 3.65. The number of carbonyl (C=O) groups is 1. The normalized spacial score (nSPS) is 10.8. The number of nitrogens with zero attached hydrogens (tertiary/aromatic N) is 2. The van der Waals surface area contributed by atoms with Crippen LogP contribution in [0.15, 0.2) is 11.6 Å². The minimum absolute atomic E-state index is 0.0265. The first-order chi connectivity index (χ1) is 6.18. The van der Waals surface area contributed by atoms with Crippen LogP contribution in [0.2, 0.25) is 0 Å². The van der Waals surface area contributed by atoms with Crippen molar-refractivity contribution < 1.29 is 9.90 Å². The van der Waals surface area contributed by atoms with E-state index in [4.69, 9.17) is 5.11 Å². The zero-order chi connectivity index (χ0) is 9.42. The fourth-order valence-corrected chi connectivity index (χ4v) is 2.16. The van der Waals surface area contributed by atoms with Gasteiger partial charge in [-0.3, -0.25) is 9.20 Å². The summed E-state index contributed by atoms with van der Waals surface area (Å²) in [6.07, 6.45) is 1.64. The second kappa shape index (κ2) is 2.85. The van der Waals surface area contributed by atoms with Crippen LogP contribution in [0.3, 0.4) is 0 Å². The fourth-order valence-electron chi connectivity index (χ4n) is 1.30. The summed E-state index contributed by atoms with van der Waals surface area (Å²) in [5.74, 6) is -0.826. The van der Waals surface area contributed by atoms with Crippen molar-refractivity contribution in [3.05, 3.63) is 23.0 Å². The number of carboxylic acid groups (broad SMARTS) is 1. The van der Waals surface area contributed by atoms with Crippen molar-refractivity contribution in [2.75, 3.05) is 0 Å². The topological polar surface area (TPSA) is 54.6 Å². The lowest BCUT2D eigenvalue weighted by Crippen LogP contribution is -2.03. The molecule has 0 atom stereocenters. The van der Waals surface area contributed by atoms with Gasteiger partial charge in [0.25, 0.3) is 0 Å². The van der Waals surface area contributed by atoms with Crippen LogP contribution in [-0.2, 0) is 11.2 Å². The van der Waals surface area contributed by atoms with Gasteiger partial charge in [0.15, 0.2) is 4.96 Å². The Morgan fingerprint density at radius 3 is 3.23 bits per heavy atom. The van der Waals surface area contributed by atoms with Crippen LogP contribution < -0.4 is 0 Å². The van der Waals surface area contributed by atoms with Gasteiger partial charge in [0.1, 0.15) is 0 Å². The number of aromatic nitrogens is 2. The number of rotatable bonds is 2. The van der Waals surface area contributed by atoms with E-state index in [1.807, 2.05) is 16.7 Å². The third kappa shape index (κ3) is 1.31. The fraction of sp³-hybridized carbons (Fsp3) is 0.250. The first-order valence-electron chi connectivity index (χ1n) is 3.80. The molecular formula is C8H8N2O2S. The maximum atomic E-state index is 10.5. The Hall–Kier alpha value is -1.36. The summed E-state index contributed by atoms with van der Waals surface area (Å²) < 4.78 is 1.87. The number of imidazole rings is 1. The molecule has 0 spiro atoms. The number of fused-ring (bicyclic) bond motifs is 1. The van der Waals surface area contributed by atoms with Crippen molar-refractivity contribution in [3.63, 3.8) is 0 Å². The summed E-state index contributed by atoms with van der Waals surface area (Å²) in [4.78, 5) is 15.5. The number of thiazole rings is 1. The van der Waals surface area contributed by atoms with Crippen LogP contribution in [-0.4, -0.2) is 20.5 Å². The number of hydrogen-bond acceptors (Lipinski definition) is 3. The van der Waals surface area contributed by atoms with E-state index < -0.39 is 5.97 Å². The van der Waals surface area contributed by atoms with E-state index in [2.05, 4.69) is 4.98 Å². The van der Waals surface area contributed by atoms with Crippen molar-refractivity contribution in [2.45, 2.75) is 13.3 Å². The van der Waals surface area contributed by atoms with Crippen LogP contribution in [0.4, 0.5) is 0 Å². The molecule has 0 fully saturated rings. The average molecular weight is 196 g/mol. The van der Waals surface area contributed by atoms with Gasteiger partial charge in [0, 0.05) is 11.1 Å². The number of carboxylic acids is 1. The molecule has 2 aromatic heterocycles. The molecule has 1 N–H and O–H groups in total. The Morgan fingerprint density at radius 2 is 2.54 bits per heavy atom. The van der Waals surface area contributed by atoms with Crippen LogP contribution in [0.25, 0.3) is 4.96 Å². The predicted octanol–water partition coefficient (Wildman–Crippen LogP) is 1.33. The molecule has 2 heterocycles. The summed E-state index contributed by atoms with van der Waals surface area (Å²) in [5.41, 5.74) is 1.77. The van der Waals surface area contributed by atoms with Crippen LogP contribution in [0, 0.1) is 6.92 Å². The zero-order valence-corrected chi connectivity index (χ0v) is 7.84. The molecule has 0 saturated heterocycles. The molecule has 0 aliphatic carbocycles. The Bertz CT molecular complexity index is 458. The highest BCUT2D eigenvalue weighted by molar-refractivity contribution is 7.15. The minimum Gasteiger partial charge on any atom is -0.481 e. The molecule has 0 aromatic carbocycles. The Kier molecular flexibility index (Phi) is 1.81. The van der Waals surface area contributed by atoms with Crippen LogP contribution in [0.5, 0.6) is 0 Å². The van der Waals surface area contributed by atoms with Crippen molar-refractivity contribution in [2.24, 2.45) is 0 Å². The van der Waals surface area contributed by atoms with Crippen LogP contribution >= 0.6 is 11.3 Å². The number of aryl methyl sites for hydroxylation is 1.